The number of β-amino-alcohol motifs (C(OH)–C–C–N with tert-alkyl or cyclic N) is 1. The Balaban J connectivity index is 1.81. The van der Waals surface area contributed by atoms with Crippen LogP contribution in [-0.2, 0) is 4.79 Å². The number of aliphatic hydroxyl groups excluding tert-OH is 1. The second kappa shape index (κ2) is 6.23. The summed E-state index contributed by atoms with van der Waals surface area (Å²) in [6.45, 7) is 1.22. The van der Waals surface area contributed by atoms with Gasteiger partial charge in [-0.3, -0.25) is 9.69 Å². The topological polar surface area (TPSA) is 70.0 Å². The lowest BCUT2D eigenvalue weighted by molar-refractivity contribution is -0.142. The largest absolute Gasteiger partial charge is 0.492 e. The molecule has 104 valence electrons. The first kappa shape index (κ1) is 14.1. The van der Waals surface area contributed by atoms with Crippen molar-refractivity contribution >= 4 is 17.6 Å². The highest BCUT2D eigenvalue weighted by atomic mass is 35.5. The summed E-state index contributed by atoms with van der Waals surface area (Å²) < 4.78 is 5.51. The van der Waals surface area contributed by atoms with Crippen molar-refractivity contribution < 1.29 is 19.7 Å². The molecule has 1 aromatic rings. The first-order valence-electron chi connectivity index (χ1n) is 6.09. The van der Waals surface area contributed by atoms with Gasteiger partial charge in [0, 0.05) is 24.5 Å². The molecular formula is C13H16ClNO4. The lowest BCUT2D eigenvalue weighted by Crippen LogP contribution is -2.38. The van der Waals surface area contributed by atoms with Crippen LogP contribution in [0.15, 0.2) is 24.3 Å². The van der Waals surface area contributed by atoms with E-state index in [0.29, 0.717) is 30.5 Å². The van der Waals surface area contributed by atoms with Crippen molar-refractivity contribution in [3.05, 3.63) is 29.3 Å². The van der Waals surface area contributed by atoms with Crippen molar-refractivity contribution in [2.75, 3.05) is 19.7 Å². The van der Waals surface area contributed by atoms with Crippen LogP contribution < -0.4 is 4.74 Å². The maximum absolute atomic E-state index is 11.0. The fourth-order valence-electron chi connectivity index (χ4n) is 2.19. The highest BCUT2D eigenvalue weighted by molar-refractivity contribution is 6.30. The molecule has 19 heavy (non-hydrogen) atoms. The highest BCUT2D eigenvalue weighted by Gasteiger charge is 2.35. The summed E-state index contributed by atoms with van der Waals surface area (Å²) >= 11 is 5.76. The molecular weight excluding hydrogens is 270 g/mol. The van der Waals surface area contributed by atoms with Gasteiger partial charge in [-0.15, -0.1) is 0 Å². The molecule has 1 saturated heterocycles. The molecule has 2 rings (SSSR count). The number of ether oxygens (including phenoxy) is 1. The van der Waals surface area contributed by atoms with Crippen LogP contribution in [-0.4, -0.2) is 52.9 Å². The standard InChI is InChI=1S/C13H16ClNO4/c14-9-1-3-11(4-2-9)19-6-5-15-8-10(16)7-12(15)13(17)18/h1-4,10,12,16H,5-8H2,(H,17,18). The third kappa shape index (κ3) is 3.83. The van der Waals surface area contributed by atoms with E-state index in [4.69, 9.17) is 21.4 Å². The van der Waals surface area contributed by atoms with Crippen LogP contribution in [0.1, 0.15) is 6.42 Å². The molecule has 0 spiro atoms. The molecule has 0 aromatic heterocycles. The zero-order valence-electron chi connectivity index (χ0n) is 10.3. The Kier molecular flexibility index (Phi) is 4.63. The van der Waals surface area contributed by atoms with Gasteiger partial charge < -0.3 is 14.9 Å². The van der Waals surface area contributed by atoms with Gasteiger partial charge in [0.15, 0.2) is 0 Å². The normalized spacial score (nSPS) is 23.5. The molecule has 2 atom stereocenters. The number of carboxylic acids is 1. The Morgan fingerprint density at radius 1 is 1.42 bits per heavy atom. The Bertz CT molecular complexity index is 437. The summed E-state index contributed by atoms with van der Waals surface area (Å²) in [7, 11) is 0. The smallest absolute Gasteiger partial charge is 0.321 e. The highest BCUT2D eigenvalue weighted by Crippen LogP contribution is 2.19. The van der Waals surface area contributed by atoms with E-state index in [2.05, 4.69) is 0 Å². The van der Waals surface area contributed by atoms with E-state index >= 15 is 0 Å². The number of rotatable bonds is 5. The van der Waals surface area contributed by atoms with E-state index in [1.165, 1.54) is 0 Å². The molecule has 0 aliphatic carbocycles. The monoisotopic (exact) mass is 285 g/mol. The molecule has 0 bridgehead atoms. The van der Waals surface area contributed by atoms with Crippen LogP contribution in [0.2, 0.25) is 5.02 Å². The van der Waals surface area contributed by atoms with Gasteiger partial charge in [-0.05, 0) is 24.3 Å². The second-order valence-corrected chi connectivity index (χ2v) is 4.98. The van der Waals surface area contributed by atoms with Gasteiger partial charge in [-0.25, -0.2) is 0 Å². The van der Waals surface area contributed by atoms with Crippen molar-refractivity contribution in [3.8, 4) is 5.75 Å². The molecule has 2 unspecified atom stereocenters. The predicted molar refractivity (Wildman–Crippen MR) is 70.6 cm³/mol. The number of benzene rings is 1. The minimum Gasteiger partial charge on any atom is -0.492 e. The van der Waals surface area contributed by atoms with Gasteiger partial charge in [0.1, 0.15) is 18.4 Å². The van der Waals surface area contributed by atoms with Crippen molar-refractivity contribution in [1.29, 1.82) is 0 Å². The lowest BCUT2D eigenvalue weighted by atomic mass is 10.2. The second-order valence-electron chi connectivity index (χ2n) is 4.54. The van der Waals surface area contributed by atoms with Crippen LogP contribution in [0, 0.1) is 0 Å². The van der Waals surface area contributed by atoms with Crippen LogP contribution >= 0.6 is 11.6 Å². The summed E-state index contributed by atoms with van der Waals surface area (Å²) in [4.78, 5) is 12.7. The molecule has 1 aromatic carbocycles. The number of halogens is 1. The minimum atomic E-state index is -0.900. The van der Waals surface area contributed by atoms with Gasteiger partial charge in [-0.1, -0.05) is 11.6 Å². The summed E-state index contributed by atoms with van der Waals surface area (Å²) in [5.41, 5.74) is 0. The third-order valence-corrected chi connectivity index (χ3v) is 3.38. The Morgan fingerprint density at radius 2 is 2.11 bits per heavy atom. The number of likely N-dealkylation sites (tertiary alicyclic amines) is 1. The first-order chi connectivity index (χ1) is 9.06. The molecule has 0 saturated carbocycles. The van der Waals surface area contributed by atoms with Crippen LogP contribution in [0.5, 0.6) is 5.75 Å². The minimum absolute atomic E-state index is 0.274. The third-order valence-electron chi connectivity index (χ3n) is 3.13. The molecule has 2 N–H and O–H groups in total. The molecule has 6 heteroatoms. The Morgan fingerprint density at radius 3 is 2.74 bits per heavy atom. The maximum Gasteiger partial charge on any atom is 0.321 e. The first-order valence-corrected chi connectivity index (χ1v) is 6.47. The molecule has 1 aliphatic heterocycles. The predicted octanol–water partition coefficient (Wildman–Crippen LogP) is 1.24. The molecule has 0 amide bonds. The fourth-order valence-corrected chi connectivity index (χ4v) is 2.32. The number of carbonyl (C=O) groups is 1. The van der Waals surface area contributed by atoms with Gasteiger partial charge >= 0.3 is 5.97 Å². The van der Waals surface area contributed by atoms with Gasteiger partial charge in [0.05, 0.1) is 6.10 Å². The van der Waals surface area contributed by atoms with Gasteiger partial charge in [-0.2, -0.15) is 0 Å². The van der Waals surface area contributed by atoms with Crippen LogP contribution in [0.3, 0.4) is 0 Å². The summed E-state index contributed by atoms with van der Waals surface area (Å²) in [5, 5.41) is 19.2. The average Bonchev–Trinajstić information content (AvgIpc) is 2.73. The summed E-state index contributed by atoms with van der Waals surface area (Å²) in [5.74, 6) is -0.209. The van der Waals surface area contributed by atoms with Gasteiger partial charge in [0.25, 0.3) is 0 Å². The number of hydrogen-bond donors (Lipinski definition) is 2. The number of nitrogens with zero attached hydrogens (tertiary/aromatic N) is 1. The van der Waals surface area contributed by atoms with E-state index in [0.717, 1.165) is 0 Å². The molecule has 1 fully saturated rings. The molecule has 5 nitrogen and oxygen atoms in total. The Hall–Kier alpha value is -1.30. The van der Waals surface area contributed by atoms with E-state index < -0.39 is 18.1 Å². The van der Waals surface area contributed by atoms with Crippen molar-refractivity contribution in [2.24, 2.45) is 0 Å². The van der Waals surface area contributed by atoms with Crippen LogP contribution in [0.25, 0.3) is 0 Å². The number of carboxylic acid groups (broad SMARTS) is 1. The average molecular weight is 286 g/mol. The number of aliphatic hydroxyl groups is 1. The van der Waals surface area contributed by atoms with Crippen molar-refractivity contribution in [3.63, 3.8) is 0 Å². The molecule has 1 heterocycles. The maximum atomic E-state index is 11.0. The van der Waals surface area contributed by atoms with Crippen LogP contribution in [0.4, 0.5) is 0 Å². The Labute approximate surface area is 116 Å². The zero-order chi connectivity index (χ0) is 13.8. The molecule has 1 aliphatic rings. The summed E-state index contributed by atoms with van der Waals surface area (Å²) in [6.07, 6.45) is -0.298. The lowest BCUT2D eigenvalue weighted by Gasteiger charge is -2.20. The van der Waals surface area contributed by atoms with Crippen molar-refractivity contribution in [1.82, 2.24) is 4.90 Å². The SMILES string of the molecule is O=C(O)C1CC(O)CN1CCOc1ccc(Cl)cc1. The quantitative estimate of drug-likeness (QED) is 0.852. The molecule has 0 radical (unpaired) electrons. The summed E-state index contributed by atoms with van der Waals surface area (Å²) in [6, 6.07) is 6.36. The number of hydrogen-bond acceptors (Lipinski definition) is 4. The number of aliphatic carboxylic acids is 1. The van der Waals surface area contributed by atoms with E-state index in [1.54, 1.807) is 29.2 Å². The fraction of sp³-hybridized carbons (Fsp3) is 0.462. The van der Waals surface area contributed by atoms with Crippen molar-refractivity contribution in [2.45, 2.75) is 18.6 Å². The van der Waals surface area contributed by atoms with E-state index in [9.17, 15) is 9.90 Å². The van der Waals surface area contributed by atoms with Gasteiger partial charge in [0.2, 0.25) is 0 Å². The van der Waals surface area contributed by atoms with E-state index in [-0.39, 0.29) is 6.42 Å². The zero-order valence-corrected chi connectivity index (χ0v) is 11.1. The van der Waals surface area contributed by atoms with E-state index in [1.807, 2.05) is 0 Å².